The molecule has 0 radical (unpaired) electrons. The van der Waals surface area contributed by atoms with Crippen LogP contribution in [0.2, 0.25) is 5.02 Å². The SMILES string of the molecule is Nc1cc(Cl)cc(C(=O)N2CCCOCC2)c1. The molecule has 0 aromatic heterocycles. The van der Waals surface area contributed by atoms with Crippen molar-refractivity contribution < 1.29 is 9.53 Å². The molecule has 0 bridgehead atoms. The van der Waals surface area contributed by atoms with E-state index in [1.54, 1.807) is 23.1 Å². The summed E-state index contributed by atoms with van der Waals surface area (Å²) in [4.78, 5) is 14.0. The molecule has 0 atom stereocenters. The summed E-state index contributed by atoms with van der Waals surface area (Å²) in [6.07, 6.45) is 0.863. The van der Waals surface area contributed by atoms with Gasteiger partial charge in [-0.15, -0.1) is 0 Å². The molecule has 1 aromatic rings. The fourth-order valence-corrected chi connectivity index (χ4v) is 2.11. The Kier molecular flexibility index (Phi) is 3.86. The van der Waals surface area contributed by atoms with Crippen molar-refractivity contribution in [3.05, 3.63) is 28.8 Å². The van der Waals surface area contributed by atoms with Crippen molar-refractivity contribution in [3.63, 3.8) is 0 Å². The molecule has 1 aromatic carbocycles. The Morgan fingerprint density at radius 2 is 2.12 bits per heavy atom. The van der Waals surface area contributed by atoms with Crippen molar-refractivity contribution in [2.75, 3.05) is 32.0 Å². The average Bonchev–Trinajstić information content (AvgIpc) is 2.55. The van der Waals surface area contributed by atoms with Crippen LogP contribution >= 0.6 is 11.6 Å². The number of amides is 1. The Morgan fingerprint density at radius 1 is 1.29 bits per heavy atom. The highest BCUT2D eigenvalue weighted by molar-refractivity contribution is 6.31. The summed E-state index contributed by atoms with van der Waals surface area (Å²) in [6.45, 7) is 2.62. The summed E-state index contributed by atoms with van der Waals surface area (Å²) in [7, 11) is 0. The number of benzene rings is 1. The van der Waals surface area contributed by atoms with E-state index in [0.717, 1.165) is 6.42 Å². The highest BCUT2D eigenvalue weighted by Crippen LogP contribution is 2.18. The normalized spacial score (nSPS) is 16.6. The van der Waals surface area contributed by atoms with Gasteiger partial charge < -0.3 is 15.4 Å². The van der Waals surface area contributed by atoms with Crippen LogP contribution in [-0.2, 0) is 4.74 Å². The van der Waals surface area contributed by atoms with Gasteiger partial charge >= 0.3 is 0 Å². The maximum atomic E-state index is 12.2. The zero-order chi connectivity index (χ0) is 12.3. The summed E-state index contributed by atoms with van der Waals surface area (Å²) < 4.78 is 5.31. The lowest BCUT2D eigenvalue weighted by Gasteiger charge is -2.19. The van der Waals surface area contributed by atoms with E-state index in [4.69, 9.17) is 22.1 Å². The summed E-state index contributed by atoms with van der Waals surface area (Å²) in [5, 5.41) is 0.486. The van der Waals surface area contributed by atoms with Gasteiger partial charge in [-0.1, -0.05) is 11.6 Å². The minimum absolute atomic E-state index is 0.0373. The monoisotopic (exact) mass is 254 g/mol. The quantitative estimate of drug-likeness (QED) is 0.778. The standard InChI is InChI=1S/C12H15ClN2O2/c13-10-6-9(7-11(14)8-10)12(16)15-2-1-4-17-5-3-15/h6-8H,1-5,14H2. The molecule has 92 valence electrons. The summed E-state index contributed by atoms with van der Waals surface area (Å²) in [6, 6.07) is 4.93. The predicted molar refractivity (Wildman–Crippen MR) is 67.2 cm³/mol. The van der Waals surface area contributed by atoms with Gasteiger partial charge in [0.25, 0.3) is 5.91 Å². The lowest BCUT2D eigenvalue weighted by molar-refractivity contribution is 0.0741. The second kappa shape index (κ2) is 5.38. The fourth-order valence-electron chi connectivity index (χ4n) is 1.87. The van der Waals surface area contributed by atoms with Crippen molar-refractivity contribution in [3.8, 4) is 0 Å². The molecule has 0 unspecified atom stereocenters. The van der Waals surface area contributed by atoms with E-state index in [2.05, 4.69) is 0 Å². The van der Waals surface area contributed by atoms with E-state index in [1.807, 2.05) is 0 Å². The first-order chi connectivity index (χ1) is 8.16. The van der Waals surface area contributed by atoms with Crippen molar-refractivity contribution >= 4 is 23.2 Å². The smallest absolute Gasteiger partial charge is 0.254 e. The molecule has 2 N–H and O–H groups in total. The third-order valence-electron chi connectivity index (χ3n) is 2.68. The number of hydrogen-bond acceptors (Lipinski definition) is 3. The van der Waals surface area contributed by atoms with Gasteiger partial charge in [-0.25, -0.2) is 0 Å². The number of nitrogen functional groups attached to an aromatic ring is 1. The first kappa shape index (κ1) is 12.2. The minimum Gasteiger partial charge on any atom is -0.399 e. The molecular formula is C12H15ClN2O2. The first-order valence-corrected chi connectivity index (χ1v) is 5.98. The number of nitrogens with zero attached hydrogens (tertiary/aromatic N) is 1. The van der Waals surface area contributed by atoms with Gasteiger partial charge in [0.15, 0.2) is 0 Å². The van der Waals surface area contributed by atoms with Crippen LogP contribution in [0, 0.1) is 0 Å². The molecule has 1 aliphatic heterocycles. The van der Waals surface area contributed by atoms with Crippen LogP contribution in [-0.4, -0.2) is 37.1 Å². The van der Waals surface area contributed by atoms with Gasteiger partial charge in [-0.2, -0.15) is 0 Å². The summed E-state index contributed by atoms with van der Waals surface area (Å²) in [5.74, 6) is -0.0373. The van der Waals surface area contributed by atoms with Crippen molar-refractivity contribution in [2.45, 2.75) is 6.42 Å². The molecule has 1 heterocycles. The number of rotatable bonds is 1. The summed E-state index contributed by atoms with van der Waals surface area (Å²) in [5.41, 5.74) is 6.72. The second-order valence-electron chi connectivity index (χ2n) is 4.03. The van der Waals surface area contributed by atoms with Crippen LogP contribution in [0.5, 0.6) is 0 Å². The van der Waals surface area contributed by atoms with E-state index in [0.29, 0.717) is 42.6 Å². The lowest BCUT2D eigenvalue weighted by atomic mass is 10.1. The Balaban J connectivity index is 2.17. The van der Waals surface area contributed by atoms with E-state index >= 15 is 0 Å². The van der Waals surface area contributed by atoms with Gasteiger partial charge in [-0.05, 0) is 24.6 Å². The van der Waals surface area contributed by atoms with E-state index in [1.165, 1.54) is 0 Å². The van der Waals surface area contributed by atoms with Crippen molar-refractivity contribution in [1.29, 1.82) is 0 Å². The summed E-state index contributed by atoms with van der Waals surface area (Å²) >= 11 is 5.89. The molecule has 0 spiro atoms. The van der Waals surface area contributed by atoms with Crippen molar-refractivity contribution in [2.24, 2.45) is 0 Å². The first-order valence-electron chi connectivity index (χ1n) is 5.60. The third-order valence-corrected chi connectivity index (χ3v) is 2.89. The number of anilines is 1. The van der Waals surface area contributed by atoms with Crippen LogP contribution < -0.4 is 5.73 Å². The Morgan fingerprint density at radius 3 is 2.88 bits per heavy atom. The van der Waals surface area contributed by atoms with E-state index in [-0.39, 0.29) is 5.91 Å². The zero-order valence-corrected chi connectivity index (χ0v) is 10.2. The molecular weight excluding hydrogens is 240 g/mol. The number of halogens is 1. The Bertz CT molecular complexity index is 395. The topological polar surface area (TPSA) is 55.6 Å². The number of hydrogen-bond donors (Lipinski definition) is 1. The molecule has 0 aliphatic carbocycles. The lowest BCUT2D eigenvalue weighted by Crippen LogP contribution is -2.33. The van der Waals surface area contributed by atoms with Gasteiger partial charge in [0.1, 0.15) is 0 Å². The molecule has 17 heavy (non-hydrogen) atoms. The molecule has 0 saturated carbocycles. The molecule has 2 rings (SSSR count). The van der Waals surface area contributed by atoms with Crippen molar-refractivity contribution in [1.82, 2.24) is 4.90 Å². The number of ether oxygens (including phenoxy) is 1. The average molecular weight is 255 g/mol. The molecule has 1 aliphatic rings. The highest BCUT2D eigenvalue weighted by Gasteiger charge is 2.18. The van der Waals surface area contributed by atoms with Crippen LogP contribution in [0.3, 0.4) is 0 Å². The maximum Gasteiger partial charge on any atom is 0.254 e. The number of nitrogens with two attached hydrogens (primary N) is 1. The Labute approximate surface area is 105 Å². The fraction of sp³-hybridized carbons (Fsp3) is 0.417. The minimum atomic E-state index is -0.0373. The van der Waals surface area contributed by atoms with Gasteiger partial charge in [0.05, 0.1) is 6.61 Å². The molecule has 1 fully saturated rings. The third kappa shape index (κ3) is 3.11. The second-order valence-corrected chi connectivity index (χ2v) is 4.47. The zero-order valence-electron chi connectivity index (χ0n) is 9.49. The van der Waals surface area contributed by atoms with Gasteiger partial charge in [0, 0.05) is 36.0 Å². The highest BCUT2D eigenvalue weighted by atomic mass is 35.5. The van der Waals surface area contributed by atoms with Gasteiger partial charge in [0.2, 0.25) is 0 Å². The number of carbonyl (C=O) groups excluding carboxylic acids is 1. The van der Waals surface area contributed by atoms with E-state index in [9.17, 15) is 4.79 Å². The van der Waals surface area contributed by atoms with Crippen LogP contribution in [0.1, 0.15) is 16.8 Å². The predicted octanol–water partition coefficient (Wildman–Crippen LogP) is 1.78. The molecule has 4 nitrogen and oxygen atoms in total. The number of carbonyl (C=O) groups is 1. The van der Waals surface area contributed by atoms with Crippen LogP contribution in [0.15, 0.2) is 18.2 Å². The molecule has 1 amide bonds. The Hall–Kier alpha value is -1.26. The largest absolute Gasteiger partial charge is 0.399 e. The maximum absolute atomic E-state index is 12.2. The van der Waals surface area contributed by atoms with Gasteiger partial charge in [-0.3, -0.25) is 4.79 Å². The van der Waals surface area contributed by atoms with E-state index < -0.39 is 0 Å². The molecule has 5 heteroatoms. The van der Waals surface area contributed by atoms with Crippen LogP contribution in [0.4, 0.5) is 5.69 Å². The molecule has 1 saturated heterocycles. The van der Waals surface area contributed by atoms with Crippen LogP contribution in [0.25, 0.3) is 0 Å².